The van der Waals surface area contributed by atoms with Crippen molar-refractivity contribution in [3.8, 4) is 0 Å². The van der Waals surface area contributed by atoms with Gasteiger partial charge >= 0.3 is 0 Å². The molecular formula is C9H19NO3S. The van der Waals surface area contributed by atoms with E-state index in [4.69, 9.17) is 0 Å². The molecule has 1 unspecified atom stereocenters. The summed E-state index contributed by atoms with van der Waals surface area (Å²) in [6.07, 6.45) is 1.92. The summed E-state index contributed by atoms with van der Waals surface area (Å²) in [4.78, 5) is 0. The van der Waals surface area contributed by atoms with E-state index in [2.05, 4.69) is 5.32 Å². The van der Waals surface area contributed by atoms with Crippen LogP contribution in [-0.2, 0) is 9.84 Å². The van der Waals surface area contributed by atoms with Gasteiger partial charge < -0.3 is 10.4 Å². The highest BCUT2D eigenvalue weighted by atomic mass is 32.2. The molecule has 1 aliphatic rings. The zero-order chi connectivity index (χ0) is 10.6. The third-order valence-electron chi connectivity index (χ3n) is 2.55. The van der Waals surface area contributed by atoms with Crippen LogP contribution < -0.4 is 5.32 Å². The van der Waals surface area contributed by atoms with E-state index in [1.807, 2.05) is 0 Å². The van der Waals surface area contributed by atoms with Gasteiger partial charge in [0.2, 0.25) is 0 Å². The molecule has 0 spiro atoms. The lowest BCUT2D eigenvalue weighted by atomic mass is 10.2. The zero-order valence-corrected chi connectivity index (χ0v) is 9.39. The van der Waals surface area contributed by atoms with E-state index >= 15 is 0 Å². The van der Waals surface area contributed by atoms with Crippen LogP contribution in [0.25, 0.3) is 0 Å². The van der Waals surface area contributed by atoms with Crippen molar-refractivity contribution in [3.63, 3.8) is 0 Å². The molecule has 0 aromatic heterocycles. The van der Waals surface area contributed by atoms with Crippen molar-refractivity contribution in [2.45, 2.75) is 25.9 Å². The average Bonchev–Trinajstić information content (AvgIpc) is 2.95. The molecule has 0 aliphatic heterocycles. The molecule has 1 saturated carbocycles. The lowest BCUT2D eigenvalue weighted by Gasteiger charge is -2.10. The molecule has 4 nitrogen and oxygen atoms in total. The van der Waals surface area contributed by atoms with Crippen molar-refractivity contribution in [3.05, 3.63) is 0 Å². The lowest BCUT2D eigenvalue weighted by molar-refractivity contribution is 0.149. The van der Waals surface area contributed by atoms with Gasteiger partial charge in [0, 0.05) is 18.8 Å². The van der Waals surface area contributed by atoms with Gasteiger partial charge in [-0.15, -0.1) is 0 Å². The monoisotopic (exact) mass is 221 g/mol. The molecule has 0 radical (unpaired) electrons. The Morgan fingerprint density at radius 1 is 1.50 bits per heavy atom. The molecule has 0 amide bonds. The predicted octanol–water partition coefficient (Wildman–Crippen LogP) is -0.218. The first kappa shape index (κ1) is 11.9. The smallest absolute Gasteiger partial charge is 0.151 e. The van der Waals surface area contributed by atoms with Gasteiger partial charge in [0.15, 0.2) is 9.84 Å². The topological polar surface area (TPSA) is 66.4 Å². The largest absolute Gasteiger partial charge is 0.392 e. The second kappa shape index (κ2) is 5.09. The maximum Gasteiger partial charge on any atom is 0.151 e. The van der Waals surface area contributed by atoms with E-state index in [1.54, 1.807) is 6.92 Å². The van der Waals surface area contributed by atoms with Gasteiger partial charge in [-0.3, -0.25) is 0 Å². The van der Waals surface area contributed by atoms with Crippen molar-refractivity contribution < 1.29 is 13.5 Å². The maximum atomic E-state index is 11.1. The van der Waals surface area contributed by atoms with Gasteiger partial charge in [0.25, 0.3) is 0 Å². The van der Waals surface area contributed by atoms with E-state index < -0.39 is 9.84 Å². The summed E-state index contributed by atoms with van der Waals surface area (Å²) in [5.74, 6) is 0.811. The molecular weight excluding hydrogens is 202 g/mol. The molecule has 0 bridgehead atoms. The second-order valence-electron chi connectivity index (χ2n) is 3.85. The van der Waals surface area contributed by atoms with Crippen LogP contribution in [0.3, 0.4) is 0 Å². The summed E-state index contributed by atoms with van der Waals surface area (Å²) >= 11 is 0. The van der Waals surface area contributed by atoms with E-state index in [9.17, 15) is 13.5 Å². The Labute approximate surface area is 85.6 Å². The first-order valence-electron chi connectivity index (χ1n) is 5.14. The molecule has 1 aliphatic carbocycles. The van der Waals surface area contributed by atoms with Gasteiger partial charge in [-0.05, 0) is 18.8 Å². The van der Waals surface area contributed by atoms with Crippen molar-refractivity contribution in [1.82, 2.24) is 5.32 Å². The normalized spacial score (nSPS) is 19.6. The van der Waals surface area contributed by atoms with Gasteiger partial charge in [-0.2, -0.15) is 0 Å². The number of rotatable bonds is 7. The van der Waals surface area contributed by atoms with E-state index in [-0.39, 0.29) is 17.6 Å². The van der Waals surface area contributed by atoms with E-state index in [1.165, 1.54) is 0 Å². The van der Waals surface area contributed by atoms with Crippen LogP contribution in [-0.4, -0.2) is 44.2 Å². The Balaban J connectivity index is 2.04. The number of aliphatic hydroxyl groups excluding tert-OH is 1. The fourth-order valence-electron chi connectivity index (χ4n) is 1.27. The van der Waals surface area contributed by atoms with Gasteiger partial charge in [0.05, 0.1) is 11.9 Å². The van der Waals surface area contributed by atoms with Crippen molar-refractivity contribution in [1.29, 1.82) is 0 Å². The first-order valence-corrected chi connectivity index (χ1v) is 6.96. The minimum atomic E-state index is -2.87. The highest BCUT2D eigenvalue weighted by molar-refractivity contribution is 7.91. The van der Waals surface area contributed by atoms with Crippen LogP contribution in [0.2, 0.25) is 0 Å². The van der Waals surface area contributed by atoms with Crippen molar-refractivity contribution in [2.24, 2.45) is 5.92 Å². The van der Waals surface area contributed by atoms with Crippen LogP contribution >= 0.6 is 0 Å². The first-order chi connectivity index (χ1) is 6.55. The quantitative estimate of drug-likeness (QED) is 0.583. The molecule has 1 atom stereocenters. The van der Waals surface area contributed by atoms with Crippen LogP contribution in [0, 0.1) is 5.92 Å². The van der Waals surface area contributed by atoms with E-state index in [0.29, 0.717) is 19.0 Å². The molecule has 5 heteroatoms. The summed E-state index contributed by atoms with van der Waals surface area (Å²) in [7, 11) is -2.87. The minimum Gasteiger partial charge on any atom is -0.392 e. The van der Waals surface area contributed by atoms with Crippen LogP contribution in [0.4, 0.5) is 0 Å². The fourth-order valence-corrected chi connectivity index (χ4v) is 2.01. The lowest BCUT2D eigenvalue weighted by Crippen LogP contribution is -2.32. The second-order valence-corrected chi connectivity index (χ2v) is 6.32. The van der Waals surface area contributed by atoms with Crippen LogP contribution in [0.15, 0.2) is 0 Å². The maximum absolute atomic E-state index is 11.1. The number of aliphatic hydroxyl groups is 1. The van der Waals surface area contributed by atoms with Gasteiger partial charge in [-0.1, -0.05) is 6.92 Å². The number of nitrogens with one attached hydrogen (secondary N) is 1. The average molecular weight is 221 g/mol. The number of hydrogen-bond donors (Lipinski definition) is 2. The molecule has 0 aromatic carbocycles. The summed E-state index contributed by atoms with van der Waals surface area (Å²) in [6.45, 7) is 2.61. The molecule has 14 heavy (non-hydrogen) atoms. The van der Waals surface area contributed by atoms with Crippen molar-refractivity contribution >= 4 is 9.84 Å². The molecule has 2 N–H and O–H groups in total. The number of hydrogen-bond acceptors (Lipinski definition) is 4. The fraction of sp³-hybridized carbons (Fsp3) is 1.00. The summed E-state index contributed by atoms with van der Waals surface area (Å²) in [5, 5.41) is 12.4. The molecule has 1 fully saturated rings. The highest BCUT2D eigenvalue weighted by Crippen LogP contribution is 2.32. The number of sulfone groups is 1. The SMILES string of the molecule is CCS(=O)(=O)CCNCC(O)C1CC1. The Bertz CT molecular complexity index is 259. The Hall–Kier alpha value is -0.130. The van der Waals surface area contributed by atoms with Gasteiger partial charge in [-0.25, -0.2) is 8.42 Å². The third-order valence-corrected chi connectivity index (χ3v) is 4.26. The predicted molar refractivity (Wildman–Crippen MR) is 55.9 cm³/mol. The molecule has 0 aromatic rings. The summed E-state index contributed by atoms with van der Waals surface area (Å²) in [5.41, 5.74) is 0. The van der Waals surface area contributed by atoms with Crippen molar-refractivity contribution in [2.75, 3.05) is 24.6 Å². The van der Waals surface area contributed by atoms with Crippen LogP contribution in [0.5, 0.6) is 0 Å². The molecule has 0 saturated heterocycles. The highest BCUT2D eigenvalue weighted by Gasteiger charge is 2.29. The summed E-state index contributed by atoms with van der Waals surface area (Å²) < 4.78 is 22.2. The third kappa shape index (κ3) is 4.39. The molecule has 84 valence electrons. The molecule has 1 rings (SSSR count). The minimum absolute atomic E-state index is 0.168. The Kier molecular flexibility index (Phi) is 4.34. The summed E-state index contributed by atoms with van der Waals surface area (Å²) in [6, 6.07) is 0. The zero-order valence-electron chi connectivity index (χ0n) is 8.57. The Morgan fingerprint density at radius 2 is 2.14 bits per heavy atom. The standard InChI is InChI=1S/C9H19NO3S/c1-2-14(12,13)6-5-10-7-9(11)8-3-4-8/h8-11H,2-7H2,1H3. The Morgan fingerprint density at radius 3 is 2.64 bits per heavy atom. The van der Waals surface area contributed by atoms with Crippen LogP contribution in [0.1, 0.15) is 19.8 Å². The molecule has 0 heterocycles. The van der Waals surface area contributed by atoms with E-state index in [0.717, 1.165) is 12.8 Å². The van der Waals surface area contributed by atoms with Gasteiger partial charge in [0.1, 0.15) is 0 Å².